The summed E-state index contributed by atoms with van der Waals surface area (Å²) in [5.74, 6) is 0.940. The number of thioether (sulfide) groups is 1. The van der Waals surface area contributed by atoms with Crippen LogP contribution in [0.3, 0.4) is 0 Å². The van der Waals surface area contributed by atoms with Gasteiger partial charge >= 0.3 is 0 Å². The van der Waals surface area contributed by atoms with Crippen LogP contribution in [0.15, 0.2) is 76.7 Å². The number of nitrogens with zero attached hydrogens (tertiary/aromatic N) is 2. The molecule has 0 unspecified atom stereocenters. The van der Waals surface area contributed by atoms with E-state index in [1.165, 1.54) is 18.9 Å². The van der Waals surface area contributed by atoms with Crippen LogP contribution in [0.2, 0.25) is 0 Å². The molecule has 0 fully saturated rings. The standard InChI is InChI=1S/C25H23N3O4S/c1-16-8-11-18(12-9-16)28-24(30)19-6-4-5-7-20(19)27-25(28)33-15-23(29)26-17-10-13-21(31-2)22(14-17)32-3/h4-14H,15H2,1-3H3,(H,26,29). The Labute approximate surface area is 195 Å². The normalized spacial score (nSPS) is 10.8. The van der Waals surface area contributed by atoms with Gasteiger partial charge < -0.3 is 14.8 Å². The van der Waals surface area contributed by atoms with E-state index in [-0.39, 0.29) is 17.2 Å². The van der Waals surface area contributed by atoms with Gasteiger partial charge in [0.15, 0.2) is 16.7 Å². The first-order valence-electron chi connectivity index (χ1n) is 10.2. The van der Waals surface area contributed by atoms with Crippen LogP contribution >= 0.6 is 11.8 Å². The van der Waals surface area contributed by atoms with Gasteiger partial charge in [-0.2, -0.15) is 0 Å². The first kappa shape index (κ1) is 22.4. The zero-order valence-electron chi connectivity index (χ0n) is 18.5. The molecule has 0 aliphatic carbocycles. The number of rotatable bonds is 7. The van der Waals surface area contributed by atoms with E-state index in [9.17, 15) is 9.59 Å². The number of amides is 1. The van der Waals surface area contributed by atoms with E-state index in [1.807, 2.05) is 43.3 Å². The van der Waals surface area contributed by atoms with Crippen LogP contribution < -0.4 is 20.3 Å². The lowest BCUT2D eigenvalue weighted by Gasteiger charge is -2.14. The summed E-state index contributed by atoms with van der Waals surface area (Å²) in [4.78, 5) is 30.6. The molecule has 0 radical (unpaired) electrons. The Hall–Kier alpha value is -3.78. The van der Waals surface area contributed by atoms with E-state index < -0.39 is 0 Å². The number of nitrogens with one attached hydrogen (secondary N) is 1. The average molecular weight is 462 g/mol. The molecule has 168 valence electrons. The van der Waals surface area contributed by atoms with Gasteiger partial charge in [0.1, 0.15) is 0 Å². The van der Waals surface area contributed by atoms with Gasteiger partial charge in [0, 0.05) is 11.8 Å². The van der Waals surface area contributed by atoms with Crippen LogP contribution in [0, 0.1) is 6.92 Å². The Morgan fingerprint density at radius 3 is 2.45 bits per heavy atom. The maximum atomic E-state index is 13.3. The average Bonchev–Trinajstić information content (AvgIpc) is 2.83. The van der Waals surface area contributed by atoms with Crippen molar-refractivity contribution in [1.82, 2.24) is 9.55 Å². The summed E-state index contributed by atoms with van der Waals surface area (Å²) in [5.41, 5.74) is 2.79. The van der Waals surface area contributed by atoms with Gasteiger partial charge in [-0.25, -0.2) is 4.98 Å². The highest BCUT2D eigenvalue weighted by Crippen LogP contribution is 2.30. The van der Waals surface area contributed by atoms with Crippen molar-refractivity contribution in [3.63, 3.8) is 0 Å². The smallest absolute Gasteiger partial charge is 0.266 e. The first-order valence-corrected chi connectivity index (χ1v) is 11.2. The molecule has 1 N–H and O–H groups in total. The quantitative estimate of drug-likeness (QED) is 0.324. The number of fused-ring (bicyclic) bond motifs is 1. The van der Waals surface area contributed by atoms with Crippen molar-refractivity contribution in [2.75, 3.05) is 25.3 Å². The summed E-state index contributed by atoms with van der Waals surface area (Å²) < 4.78 is 12.1. The van der Waals surface area contributed by atoms with Crippen molar-refractivity contribution in [3.05, 3.63) is 82.6 Å². The number of methoxy groups -OCH3 is 2. The molecule has 33 heavy (non-hydrogen) atoms. The maximum Gasteiger partial charge on any atom is 0.266 e. The Kier molecular flexibility index (Phi) is 6.65. The molecule has 1 heterocycles. The van der Waals surface area contributed by atoms with Crippen molar-refractivity contribution in [1.29, 1.82) is 0 Å². The molecule has 1 amide bonds. The highest BCUT2D eigenvalue weighted by atomic mass is 32.2. The number of aromatic nitrogens is 2. The largest absolute Gasteiger partial charge is 0.493 e. The zero-order valence-corrected chi connectivity index (χ0v) is 19.3. The minimum Gasteiger partial charge on any atom is -0.493 e. The molecular weight excluding hydrogens is 438 g/mol. The number of hydrogen-bond donors (Lipinski definition) is 1. The van der Waals surface area contributed by atoms with Crippen molar-refractivity contribution in [3.8, 4) is 17.2 Å². The molecule has 8 heteroatoms. The van der Waals surface area contributed by atoms with Gasteiger partial charge in [-0.05, 0) is 43.3 Å². The second-order valence-electron chi connectivity index (χ2n) is 7.29. The predicted octanol–water partition coefficient (Wildman–Crippen LogP) is 4.44. The number of para-hydroxylation sites is 1. The van der Waals surface area contributed by atoms with Crippen LogP contribution in [0.25, 0.3) is 16.6 Å². The molecule has 0 aliphatic rings. The van der Waals surface area contributed by atoms with Gasteiger partial charge in [0.05, 0.1) is 36.6 Å². The number of aryl methyl sites for hydroxylation is 1. The molecule has 0 bridgehead atoms. The van der Waals surface area contributed by atoms with E-state index in [0.717, 1.165) is 5.56 Å². The highest BCUT2D eigenvalue weighted by molar-refractivity contribution is 7.99. The monoisotopic (exact) mass is 461 g/mol. The van der Waals surface area contributed by atoms with Crippen molar-refractivity contribution in [2.45, 2.75) is 12.1 Å². The van der Waals surface area contributed by atoms with E-state index >= 15 is 0 Å². The molecule has 3 aromatic carbocycles. The van der Waals surface area contributed by atoms with Crippen LogP contribution in [0.5, 0.6) is 11.5 Å². The third kappa shape index (κ3) is 4.85. The van der Waals surface area contributed by atoms with Gasteiger partial charge in [-0.15, -0.1) is 0 Å². The van der Waals surface area contributed by atoms with Gasteiger partial charge in [0.2, 0.25) is 5.91 Å². The highest BCUT2D eigenvalue weighted by Gasteiger charge is 2.15. The number of anilines is 1. The zero-order chi connectivity index (χ0) is 23.4. The summed E-state index contributed by atoms with van der Waals surface area (Å²) in [6.07, 6.45) is 0. The van der Waals surface area contributed by atoms with Gasteiger partial charge in [0.25, 0.3) is 5.56 Å². The molecule has 4 aromatic rings. The lowest BCUT2D eigenvalue weighted by atomic mass is 10.2. The van der Waals surface area contributed by atoms with Crippen molar-refractivity contribution < 1.29 is 14.3 Å². The summed E-state index contributed by atoms with van der Waals surface area (Å²) in [6.45, 7) is 1.99. The van der Waals surface area contributed by atoms with E-state index in [1.54, 1.807) is 42.0 Å². The first-order chi connectivity index (χ1) is 16.0. The molecular formula is C25H23N3O4S. The second kappa shape index (κ2) is 9.79. The predicted molar refractivity (Wildman–Crippen MR) is 131 cm³/mol. The number of carbonyl (C=O) groups excluding carboxylic acids is 1. The number of benzene rings is 3. The fourth-order valence-electron chi connectivity index (χ4n) is 3.37. The Morgan fingerprint density at radius 1 is 1.00 bits per heavy atom. The SMILES string of the molecule is COc1ccc(NC(=O)CSc2nc3ccccc3c(=O)n2-c2ccc(C)cc2)cc1OC. The summed E-state index contributed by atoms with van der Waals surface area (Å²) in [7, 11) is 3.09. The van der Waals surface area contributed by atoms with Gasteiger partial charge in [-0.3, -0.25) is 14.2 Å². The Morgan fingerprint density at radius 2 is 1.73 bits per heavy atom. The van der Waals surface area contributed by atoms with Crippen LogP contribution in [0.1, 0.15) is 5.56 Å². The fourth-order valence-corrected chi connectivity index (χ4v) is 4.18. The molecule has 0 spiro atoms. The molecule has 1 aromatic heterocycles. The molecule has 0 saturated heterocycles. The van der Waals surface area contributed by atoms with Crippen molar-refractivity contribution in [2.24, 2.45) is 0 Å². The topological polar surface area (TPSA) is 82.5 Å². The van der Waals surface area contributed by atoms with Crippen LogP contribution in [-0.4, -0.2) is 35.4 Å². The summed E-state index contributed by atoms with van der Waals surface area (Å²) >= 11 is 1.20. The maximum absolute atomic E-state index is 13.3. The van der Waals surface area contributed by atoms with E-state index in [4.69, 9.17) is 9.47 Å². The van der Waals surface area contributed by atoms with Crippen LogP contribution in [0.4, 0.5) is 5.69 Å². The van der Waals surface area contributed by atoms with Crippen molar-refractivity contribution >= 4 is 34.3 Å². The Bertz CT molecular complexity index is 1370. The summed E-state index contributed by atoms with van der Waals surface area (Å²) in [6, 6.07) is 20.0. The lowest BCUT2D eigenvalue weighted by molar-refractivity contribution is -0.113. The molecule has 4 rings (SSSR count). The molecule has 0 saturated carbocycles. The minimum atomic E-state index is -0.231. The van der Waals surface area contributed by atoms with E-state index in [0.29, 0.717) is 38.9 Å². The minimum absolute atomic E-state index is 0.0744. The lowest BCUT2D eigenvalue weighted by Crippen LogP contribution is -2.23. The number of hydrogen-bond acceptors (Lipinski definition) is 6. The molecule has 7 nitrogen and oxygen atoms in total. The third-order valence-corrected chi connectivity index (χ3v) is 5.98. The Balaban J connectivity index is 1.61. The molecule has 0 atom stereocenters. The third-order valence-electron chi connectivity index (χ3n) is 5.04. The number of carbonyl (C=O) groups is 1. The van der Waals surface area contributed by atoms with E-state index in [2.05, 4.69) is 10.3 Å². The second-order valence-corrected chi connectivity index (χ2v) is 8.24. The summed E-state index contributed by atoms with van der Waals surface area (Å²) in [5, 5.41) is 3.82. The molecule has 0 aliphatic heterocycles. The number of ether oxygens (including phenoxy) is 2. The van der Waals surface area contributed by atoms with Crippen LogP contribution in [-0.2, 0) is 4.79 Å². The fraction of sp³-hybridized carbons (Fsp3) is 0.160. The van der Waals surface area contributed by atoms with Gasteiger partial charge in [-0.1, -0.05) is 41.6 Å².